The maximum Gasteiger partial charge on any atom is 0.306 e. The number of ether oxygens (including phenoxy) is 1. The number of carbonyl (C=O) groups excluding carboxylic acids is 2. The van der Waals surface area contributed by atoms with Crippen molar-refractivity contribution >= 4 is 11.8 Å². The monoisotopic (exact) mass is 510 g/mol. The van der Waals surface area contributed by atoms with Gasteiger partial charge in [0.1, 0.15) is 12.2 Å². The summed E-state index contributed by atoms with van der Waals surface area (Å²) >= 11 is 0. The van der Waals surface area contributed by atoms with Gasteiger partial charge in [-0.3, -0.25) is 9.59 Å². The van der Waals surface area contributed by atoms with Gasteiger partial charge in [-0.2, -0.15) is 0 Å². The number of unbranched alkanes of at least 4 members (excludes halogenated alkanes) is 11. The van der Waals surface area contributed by atoms with Crippen LogP contribution in [0.25, 0.3) is 0 Å². The van der Waals surface area contributed by atoms with Gasteiger partial charge >= 0.3 is 5.97 Å². The van der Waals surface area contributed by atoms with E-state index in [0.717, 1.165) is 60.8 Å². The topological polar surface area (TPSA) is 63.6 Å². The Balaban J connectivity index is 1.27. The molecule has 3 aliphatic carbocycles. The fourth-order valence-corrected chi connectivity index (χ4v) is 6.16. The molecule has 0 aliphatic heterocycles. The zero-order valence-electron chi connectivity index (χ0n) is 23.9. The van der Waals surface area contributed by atoms with Gasteiger partial charge in [0.15, 0.2) is 5.78 Å². The molecule has 1 fully saturated rings. The first kappa shape index (κ1) is 29.6. The molecule has 0 aromatic carbocycles. The molecule has 1 spiro atoms. The maximum atomic E-state index is 13.0. The average molecular weight is 511 g/mol. The summed E-state index contributed by atoms with van der Waals surface area (Å²) in [4.78, 5) is 25.4. The van der Waals surface area contributed by atoms with Crippen LogP contribution in [0.15, 0.2) is 46.1 Å². The Morgan fingerprint density at radius 3 is 2.11 bits per heavy atom. The molecule has 0 aromatic heterocycles. The number of aliphatic hydroxyl groups is 1. The predicted octanol–water partition coefficient (Wildman–Crippen LogP) is 8.25. The van der Waals surface area contributed by atoms with E-state index in [9.17, 15) is 14.7 Å². The minimum atomic E-state index is -1.34. The van der Waals surface area contributed by atoms with Gasteiger partial charge in [-0.15, -0.1) is 0 Å². The van der Waals surface area contributed by atoms with Gasteiger partial charge in [0.05, 0.1) is 0 Å². The molecule has 4 heteroatoms. The molecule has 0 amide bonds. The molecule has 4 nitrogen and oxygen atoms in total. The number of esters is 1. The van der Waals surface area contributed by atoms with Crippen LogP contribution in [0.3, 0.4) is 0 Å². The van der Waals surface area contributed by atoms with E-state index in [4.69, 9.17) is 4.74 Å². The summed E-state index contributed by atoms with van der Waals surface area (Å²) in [7, 11) is 0. The lowest BCUT2D eigenvalue weighted by Gasteiger charge is -2.39. The lowest BCUT2D eigenvalue weighted by Crippen LogP contribution is -2.49. The first-order chi connectivity index (χ1) is 17.8. The number of carbonyl (C=O) groups is 2. The number of Topliss-reactive ketones (excluding diaryl/α,β-unsaturated/α-hetero) is 1. The molecular weight excluding hydrogens is 460 g/mol. The van der Waals surface area contributed by atoms with Crippen LogP contribution in [0, 0.1) is 5.41 Å². The van der Waals surface area contributed by atoms with E-state index in [1.165, 1.54) is 57.8 Å². The van der Waals surface area contributed by atoms with Gasteiger partial charge in [-0.05, 0) is 82.9 Å². The van der Waals surface area contributed by atoms with E-state index in [0.29, 0.717) is 12.0 Å². The molecule has 206 valence electrons. The molecule has 0 bridgehead atoms. The van der Waals surface area contributed by atoms with Crippen molar-refractivity contribution in [1.29, 1.82) is 0 Å². The molecule has 0 aromatic rings. The van der Waals surface area contributed by atoms with E-state index in [1.807, 2.05) is 19.9 Å². The summed E-state index contributed by atoms with van der Waals surface area (Å²) in [5.41, 5.74) is 2.67. The van der Waals surface area contributed by atoms with Crippen molar-refractivity contribution < 1.29 is 19.4 Å². The van der Waals surface area contributed by atoms with Crippen LogP contribution in [0.5, 0.6) is 0 Å². The molecule has 0 heterocycles. The Morgan fingerprint density at radius 1 is 0.946 bits per heavy atom. The Kier molecular flexibility index (Phi) is 11.0. The molecule has 1 atom stereocenters. The quantitative estimate of drug-likeness (QED) is 0.122. The van der Waals surface area contributed by atoms with Gasteiger partial charge in [-0.25, -0.2) is 0 Å². The van der Waals surface area contributed by atoms with Crippen LogP contribution < -0.4 is 0 Å². The number of hydrogen-bond donors (Lipinski definition) is 1. The second-order valence-electron chi connectivity index (χ2n) is 11.7. The highest BCUT2D eigenvalue weighted by Gasteiger charge is 2.65. The molecule has 3 aliphatic rings. The predicted molar refractivity (Wildman–Crippen MR) is 151 cm³/mol. The molecule has 0 unspecified atom stereocenters. The summed E-state index contributed by atoms with van der Waals surface area (Å²) in [6.07, 6.45) is 24.7. The Morgan fingerprint density at radius 2 is 1.51 bits per heavy atom. The molecule has 1 N–H and O–H groups in total. The largest absolute Gasteiger partial charge is 0.461 e. The minimum absolute atomic E-state index is 0.167. The SMILES string of the molecule is CCCCCCCC/C=C/CCCCCCCC(=O)OCC1=C(C)C=C2C(=O)[C@](C)(O)C3(CC3)C(C)=C21. The Hall–Kier alpha value is -1.94. The number of hydrogen-bond acceptors (Lipinski definition) is 4. The summed E-state index contributed by atoms with van der Waals surface area (Å²) in [5.74, 6) is -0.362. The van der Waals surface area contributed by atoms with E-state index in [-0.39, 0.29) is 18.4 Å². The number of fused-ring (bicyclic) bond motifs is 1. The highest BCUT2D eigenvalue weighted by molar-refractivity contribution is 6.10. The van der Waals surface area contributed by atoms with Crippen LogP contribution in [0.2, 0.25) is 0 Å². The van der Waals surface area contributed by atoms with Crippen LogP contribution in [-0.2, 0) is 14.3 Å². The molecule has 0 saturated heterocycles. The number of ketones is 1. The summed E-state index contributed by atoms with van der Waals surface area (Å²) in [5, 5.41) is 11.0. The third kappa shape index (κ3) is 7.13. The maximum absolute atomic E-state index is 13.0. The van der Waals surface area contributed by atoms with Crippen molar-refractivity contribution in [3.8, 4) is 0 Å². The van der Waals surface area contributed by atoms with Crippen molar-refractivity contribution in [1.82, 2.24) is 0 Å². The zero-order chi connectivity index (χ0) is 26.9. The van der Waals surface area contributed by atoms with Crippen LogP contribution in [-0.4, -0.2) is 29.1 Å². The third-order valence-electron chi connectivity index (χ3n) is 8.89. The van der Waals surface area contributed by atoms with Crippen molar-refractivity contribution in [3.63, 3.8) is 0 Å². The van der Waals surface area contributed by atoms with Crippen molar-refractivity contribution in [2.45, 2.75) is 136 Å². The first-order valence-corrected chi connectivity index (χ1v) is 15.0. The minimum Gasteiger partial charge on any atom is -0.461 e. The van der Waals surface area contributed by atoms with Gasteiger partial charge in [0, 0.05) is 23.0 Å². The van der Waals surface area contributed by atoms with Crippen LogP contribution in [0.4, 0.5) is 0 Å². The molecule has 3 rings (SSSR count). The summed E-state index contributed by atoms with van der Waals surface area (Å²) in [6, 6.07) is 0. The van der Waals surface area contributed by atoms with Crippen LogP contribution >= 0.6 is 0 Å². The normalized spacial score (nSPS) is 22.3. The van der Waals surface area contributed by atoms with E-state index < -0.39 is 11.0 Å². The second-order valence-corrected chi connectivity index (χ2v) is 11.7. The first-order valence-electron chi connectivity index (χ1n) is 15.0. The number of rotatable bonds is 17. The molecule has 1 saturated carbocycles. The third-order valence-corrected chi connectivity index (χ3v) is 8.89. The van der Waals surface area contributed by atoms with Gasteiger partial charge < -0.3 is 9.84 Å². The standard InChI is InChI=1S/C33H50O4/c1-5-6-7-8-9-10-11-12-13-14-15-16-17-18-19-20-29(34)37-24-28-25(2)23-27-30(28)26(3)33(21-22-33)32(4,36)31(27)35/h12-13,23,36H,5-11,14-22,24H2,1-4H3/b13-12+/t32-/m0/s1. The molecule has 0 radical (unpaired) electrons. The average Bonchev–Trinajstić information content (AvgIpc) is 3.62. The van der Waals surface area contributed by atoms with E-state index in [2.05, 4.69) is 19.1 Å². The van der Waals surface area contributed by atoms with Gasteiger partial charge in [-0.1, -0.05) is 76.0 Å². The molecular formula is C33H50O4. The highest BCUT2D eigenvalue weighted by Crippen LogP contribution is 2.64. The lowest BCUT2D eigenvalue weighted by atomic mass is 9.67. The highest BCUT2D eigenvalue weighted by atomic mass is 16.5. The van der Waals surface area contributed by atoms with Crippen molar-refractivity contribution in [2.24, 2.45) is 5.41 Å². The smallest absolute Gasteiger partial charge is 0.306 e. The summed E-state index contributed by atoms with van der Waals surface area (Å²) in [6.45, 7) is 8.11. The van der Waals surface area contributed by atoms with E-state index >= 15 is 0 Å². The molecule has 37 heavy (non-hydrogen) atoms. The fraction of sp³-hybridized carbons (Fsp3) is 0.697. The van der Waals surface area contributed by atoms with Gasteiger partial charge in [0.2, 0.25) is 0 Å². The number of allylic oxidation sites excluding steroid dienone is 4. The Bertz CT molecular complexity index is 939. The fourth-order valence-electron chi connectivity index (χ4n) is 6.16. The summed E-state index contributed by atoms with van der Waals surface area (Å²) < 4.78 is 5.64. The van der Waals surface area contributed by atoms with Gasteiger partial charge in [0.25, 0.3) is 0 Å². The van der Waals surface area contributed by atoms with Crippen molar-refractivity contribution in [3.05, 3.63) is 46.1 Å². The van der Waals surface area contributed by atoms with Crippen molar-refractivity contribution in [2.75, 3.05) is 6.61 Å². The lowest BCUT2D eigenvalue weighted by molar-refractivity contribution is -0.142. The second kappa shape index (κ2) is 13.7. The van der Waals surface area contributed by atoms with E-state index in [1.54, 1.807) is 6.92 Å². The van der Waals surface area contributed by atoms with Crippen LogP contribution in [0.1, 0.15) is 130 Å². The zero-order valence-corrected chi connectivity index (χ0v) is 23.9. The Labute approximate surface area is 225 Å².